The van der Waals surface area contributed by atoms with Gasteiger partial charge >= 0.3 is 0 Å². The fourth-order valence-electron chi connectivity index (χ4n) is 0.888. The quantitative estimate of drug-likeness (QED) is 0.638. The highest BCUT2D eigenvalue weighted by Crippen LogP contribution is 2.08. The molecule has 0 atom stereocenters. The minimum Gasteiger partial charge on any atom is -0.262 e. The van der Waals surface area contributed by atoms with E-state index in [-0.39, 0.29) is 4.90 Å². The second kappa shape index (κ2) is 4.10. The summed E-state index contributed by atoms with van der Waals surface area (Å²) in [6.07, 6.45) is 0. The highest BCUT2D eigenvalue weighted by molar-refractivity contribution is 7.89. The van der Waals surface area contributed by atoms with Gasteiger partial charge in [-0.1, -0.05) is 24.9 Å². The van der Waals surface area contributed by atoms with Crippen LogP contribution in [0, 0.1) is 0 Å². The van der Waals surface area contributed by atoms with E-state index in [0.717, 1.165) is 5.56 Å². The molecule has 0 spiro atoms. The summed E-state index contributed by atoms with van der Waals surface area (Å²) in [7, 11) is -3.57. The van der Waals surface area contributed by atoms with Crippen LogP contribution in [0.15, 0.2) is 29.2 Å². The molecule has 4 nitrogen and oxygen atoms in total. The molecule has 0 aliphatic carbocycles. The van der Waals surface area contributed by atoms with Crippen molar-refractivity contribution < 1.29 is 8.42 Å². The molecule has 0 aromatic heterocycles. The summed E-state index contributed by atoms with van der Waals surface area (Å²) >= 11 is 3.82. The summed E-state index contributed by atoms with van der Waals surface area (Å²) in [5, 5.41) is 4.92. The van der Waals surface area contributed by atoms with Gasteiger partial charge in [-0.05, 0) is 17.7 Å². The number of primary sulfonamides is 1. The van der Waals surface area contributed by atoms with Crippen molar-refractivity contribution in [2.45, 2.75) is 11.4 Å². The van der Waals surface area contributed by atoms with Gasteiger partial charge in [0.1, 0.15) is 0 Å². The van der Waals surface area contributed by atoms with Crippen LogP contribution < -0.4 is 9.86 Å². The molecule has 0 aliphatic heterocycles. The first-order chi connectivity index (χ1) is 6.04. The minimum atomic E-state index is -3.57. The van der Waals surface area contributed by atoms with Gasteiger partial charge in [0.15, 0.2) is 0 Å². The molecule has 0 aliphatic rings. The van der Waals surface area contributed by atoms with Crippen LogP contribution in [0.4, 0.5) is 0 Å². The maximum absolute atomic E-state index is 10.8. The van der Waals surface area contributed by atoms with Crippen LogP contribution in [0.3, 0.4) is 0 Å². The van der Waals surface area contributed by atoms with E-state index >= 15 is 0 Å². The average molecular weight is 218 g/mol. The van der Waals surface area contributed by atoms with E-state index in [0.29, 0.717) is 6.54 Å². The number of rotatable bonds is 3. The molecular weight excluding hydrogens is 208 g/mol. The van der Waals surface area contributed by atoms with Crippen LogP contribution in [-0.2, 0) is 16.6 Å². The Hall–Kier alpha value is -0.560. The molecule has 0 saturated heterocycles. The van der Waals surface area contributed by atoms with Gasteiger partial charge < -0.3 is 0 Å². The van der Waals surface area contributed by atoms with Crippen LogP contribution in [-0.4, -0.2) is 8.42 Å². The first-order valence-corrected chi connectivity index (χ1v) is 5.52. The summed E-state index contributed by atoms with van der Waals surface area (Å²) in [5.74, 6) is 0. The topological polar surface area (TPSA) is 72.2 Å². The zero-order valence-corrected chi connectivity index (χ0v) is 8.48. The van der Waals surface area contributed by atoms with Crippen molar-refractivity contribution in [2.24, 2.45) is 5.14 Å². The summed E-state index contributed by atoms with van der Waals surface area (Å²) in [4.78, 5) is 0.121. The lowest BCUT2D eigenvalue weighted by molar-refractivity contribution is 0.598. The number of benzene rings is 1. The Morgan fingerprint density at radius 2 is 1.85 bits per heavy atom. The molecule has 0 fully saturated rings. The second-order valence-electron chi connectivity index (χ2n) is 2.52. The molecule has 0 unspecified atom stereocenters. The normalized spacial score (nSPS) is 11.5. The van der Waals surface area contributed by atoms with Crippen LogP contribution in [0.1, 0.15) is 5.56 Å². The van der Waals surface area contributed by atoms with Crippen molar-refractivity contribution in [3.63, 3.8) is 0 Å². The maximum Gasteiger partial charge on any atom is 0.238 e. The number of thiol groups is 1. The number of nitrogens with one attached hydrogen (secondary N) is 1. The first kappa shape index (κ1) is 10.5. The fraction of sp³-hybridized carbons (Fsp3) is 0.143. The van der Waals surface area contributed by atoms with Crippen molar-refractivity contribution in [1.29, 1.82) is 0 Å². The van der Waals surface area contributed by atoms with E-state index in [9.17, 15) is 8.42 Å². The van der Waals surface area contributed by atoms with Crippen LogP contribution in [0.5, 0.6) is 0 Å². The van der Waals surface area contributed by atoms with Gasteiger partial charge in [-0.3, -0.25) is 4.72 Å². The molecule has 1 aromatic carbocycles. The zero-order chi connectivity index (χ0) is 9.90. The summed E-state index contributed by atoms with van der Waals surface area (Å²) in [6.45, 7) is 0.577. The highest BCUT2D eigenvalue weighted by Gasteiger charge is 2.05. The van der Waals surface area contributed by atoms with Gasteiger partial charge in [-0.15, -0.1) is 0 Å². The van der Waals surface area contributed by atoms with Gasteiger partial charge in [0.2, 0.25) is 10.0 Å². The van der Waals surface area contributed by atoms with E-state index in [2.05, 4.69) is 17.5 Å². The number of hydrogen-bond acceptors (Lipinski definition) is 4. The SMILES string of the molecule is NS(=O)(=O)c1ccc(CNS)cc1. The lowest BCUT2D eigenvalue weighted by atomic mass is 10.2. The molecule has 0 saturated carbocycles. The number of hydrogen-bond donors (Lipinski definition) is 3. The predicted octanol–water partition coefficient (Wildman–Crippen LogP) is 0.268. The van der Waals surface area contributed by atoms with Gasteiger partial charge in [0, 0.05) is 6.54 Å². The molecular formula is C7H10N2O2S2. The van der Waals surface area contributed by atoms with Crippen molar-refractivity contribution in [3.05, 3.63) is 29.8 Å². The van der Waals surface area contributed by atoms with Crippen LogP contribution in [0.2, 0.25) is 0 Å². The Bertz CT molecular complexity index is 372. The van der Waals surface area contributed by atoms with Gasteiger partial charge in [0.25, 0.3) is 0 Å². The first-order valence-electron chi connectivity index (χ1n) is 3.53. The largest absolute Gasteiger partial charge is 0.262 e. The zero-order valence-electron chi connectivity index (χ0n) is 6.77. The maximum atomic E-state index is 10.8. The van der Waals surface area contributed by atoms with Crippen molar-refractivity contribution in [3.8, 4) is 0 Å². The third-order valence-corrected chi connectivity index (χ3v) is 2.62. The van der Waals surface area contributed by atoms with E-state index in [1.165, 1.54) is 12.1 Å². The monoisotopic (exact) mass is 218 g/mol. The Morgan fingerprint density at radius 1 is 1.31 bits per heavy atom. The Morgan fingerprint density at radius 3 is 2.23 bits per heavy atom. The smallest absolute Gasteiger partial charge is 0.238 e. The number of sulfonamides is 1. The summed E-state index contributed by atoms with van der Waals surface area (Å²) < 4.78 is 24.4. The molecule has 3 N–H and O–H groups in total. The van der Waals surface area contributed by atoms with Gasteiger partial charge in [-0.2, -0.15) is 0 Å². The molecule has 0 amide bonds. The minimum absolute atomic E-state index is 0.121. The molecule has 13 heavy (non-hydrogen) atoms. The highest BCUT2D eigenvalue weighted by atomic mass is 32.2. The van der Waals surface area contributed by atoms with E-state index < -0.39 is 10.0 Å². The van der Waals surface area contributed by atoms with Gasteiger partial charge in [0.05, 0.1) is 4.90 Å². The van der Waals surface area contributed by atoms with E-state index in [4.69, 9.17) is 5.14 Å². The Kier molecular flexibility index (Phi) is 3.32. The molecule has 72 valence electrons. The predicted molar refractivity (Wildman–Crippen MR) is 53.6 cm³/mol. The molecule has 0 radical (unpaired) electrons. The van der Waals surface area contributed by atoms with Crippen LogP contribution in [0.25, 0.3) is 0 Å². The molecule has 0 heterocycles. The summed E-state index contributed by atoms with van der Waals surface area (Å²) in [5.41, 5.74) is 0.947. The van der Waals surface area contributed by atoms with Crippen molar-refractivity contribution in [2.75, 3.05) is 0 Å². The standard InChI is InChI=1S/C7H10N2O2S2/c8-13(10,11)7-3-1-6(2-4-7)5-9-12/h1-4,9,12H,5H2,(H2,8,10,11). The van der Waals surface area contributed by atoms with Crippen molar-refractivity contribution >= 4 is 22.8 Å². The lowest BCUT2D eigenvalue weighted by Gasteiger charge is -2.00. The van der Waals surface area contributed by atoms with E-state index in [1.54, 1.807) is 12.1 Å². The second-order valence-corrected chi connectivity index (χ2v) is 4.40. The fourth-order valence-corrected chi connectivity index (χ4v) is 1.59. The van der Waals surface area contributed by atoms with Crippen molar-refractivity contribution in [1.82, 2.24) is 4.72 Å². The molecule has 0 bridgehead atoms. The number of nitrogens with two attached hydrogens (primary N) is 1. The Labute approximate surface area is 82.7 Å². The average Bonchev–Trinajstić information content (AvgIpc) is 2.04. The Balaban J connectivity index is 2.94. The third kappa shape index (κ3) is 3.00. The summed E-state index contributed by atoms with van der Waals surface area (Å²) in [6, 6.07) is 6.30. The van der Waals surface area contributed by atoms with E-state index in [1.807, 2.05) is 0 Å². The lowest BCUT2D eigenvalue weighted by Crippen LogP contribution is -2.12. The molecule has 1 aromatic rings. The molecule has 1 rings (SSSR count). The van der Waals surface area contributed by atoms with Gasteiger partial charge in [-0.25, -0.2) is 13.6 Å². The molecule has 6 heteroatoms. The van der Waals surface area contributed by atoms with Crippen LogP contribution >= 0.6 is 12.8 Å². The third-order valence-electron chi connectivity index (χ3n) is 1.54.